The topological polar surface area (TPSA) is 123 Å². The van der Waals surface area contributed by atoms with Crippen LogP contribution < -0.4 is 16.2 Å². The molecule has 0 saturated carbocycles. The van der Waals surface area contributed by atoms with E-state index in [1.807, 2.05) is 42.6 Å². The number of hydrogen-bond acceptors (Lipinski definition) is 7. The second-order valence-electron chi connectivity index (χ2n) is 8.88. The lowest BCUT2D eigenvalue weighted by Gasteiger charge is -2.42. The number of hydrogen-bond donors (Lipinski definition) is 2. The Balaban J connectivity index is 1.41. The van der Waals surface area contributed by atoms with Crippen LogP contribution in [0.2, 0.25) is 0 Å². The van der Waals surface area contributed by atoms with Gasteiger partial charge in [0.05, 0.1) is 17.1 Å². The zero-order valence-corrected chi connectivity index (χ0v) is 19.4. The monoisotopic (exact) mass is 493 g/mol. The van der Waals surface area contributed by atoms with Crippen molar-refractivity contribution in [2.24, 2.45) is 0 Å². The van der Waals surface area contributed by atoms with E-state index in [-0.39, 0.29) is 11.6 Å². The predicted octanol–water partition coefficient (Wildman–Crippen LogP) is 3.49. The molecular weight excluding hydrogens is 473 g/mol. The first kappa shape index (κ1) is 21.2. The number of H-pyrrole nitrogens is 1. The first-order chi connectivity index (χ1) is 18.1. The highest BCUT2D eigenvalue weighted by atomic mass is 19.1. The van der Waals surface area contributed by atoms with Crippen molar-refractivity contribution >= 4 is 28.2 Å². The maximum Gasteiger partial charge on any atom is 0.285 e. The van der Waals surface area contributed by atoms with Crippen LogP contribution in [0.3, 0.4) is 0 Å². The van der Waals surface area contributed by atoms with Gasteiger partial charge in [-0.05, 0) is 36.8 Å². The van der Waals surface area contributed by atoms with E-state index in [9.17, 15) is 9.18 Å². The van der Waals surface area contributed by atoms with E-state index in [4.69, 9.17) is 10.8 Å². The Hall–Kier alpha value is -5.06. The second kappa shape index (κ2) is 7.98. The van der Waals surface area contributed by atoms with Crippen LogP contribution in [0.4, 0.5) is 16.0 Å². The molecule has 0 aliphatic carbocycles. The number of aromatic nitrogens is 7. The molecule has 3 N–H and O–H groups in total. The Morgan fingerprint density at radius 3 is 2.68 bits per heavy atom. The van der Waals surface area contributed by atoms with E-state index in [0.717, 1.165) is 22.9 Å². The molecule has 11 heteroatoms. The van der Waals surface area contributed by atoms with Gasteiger partial charge in [0.15, 0.2) is 17.2 Å². The van der Waals surface area contributed by atoms with Crippen LogP contribution in [-0.2, 0) is 0 Å². The number of benzene rings is 1. The van der Waals surface area contributed by atoms with Gasteiger partial charge in [0.1, 0.15) is 23.6 Å². The lowest BCUT2D eigenvalue weighted by atomic mass is 10.00. The number of para-hydroxylation sites is 1. The molecule has 1 aliphatic heterocycles. The fourth-order valence-electron chi connectivity index (χ4n) is 4.96. The van der Waals surface area contributed by atoms with Crippen LogP contribution in [0.1, 0.15) is 18.3 Å². The van der Waals surface area contributed by atoms with E-state index >= 15 is 0 Å². The van der Waals surface area contributed by atoms with E-state index in [1.54, 1.807) is 12.3 Å². The summed E-state index contributed by atoms with van der Waals surface area (Å²) >= 11 is 0. The molecule has 1 aliphatic rings. The smallest absolute Gasteiger partial charge is 0.285 e. The molecule has 6 aromatic rings. The lowest BCUT2D eigenvalue weighted by Crippen LogP contribution is -2.45. The van der Waals surface area contributed by atoms with Gasteiger partial charge in [-0.15, -0.1) is 0 Å². The van der Waals surface area contributed by atoms with Gasteiger partial charge in [0, 0.05) is 36.3 Å². The Bertz CT molecular complexity index is 1840. The molecule has 5 aromatic heterocycles. The maximum absolute atomic E-state index is 14.5. The maximum atomic E-state index is 14.5. The van der Waals surface area contributed by atoms with E-state index in [1.165, 1.54) is 27.7 Å². The van der Waals surface area contributed by atoms with Crippen molar-refractivity contribution in [3.8, 4) is 16.8 Å². The van der Waals surface area contributed by atoms with Gasteiger partial charge < -0.3 is 15.6 Å². The van der Waals surface area contributed by atoms with Crippen molar-refractivity contribution < 1.29 is 4.39 Å². The number of nitrogens with two attached hydrogens (primary N) is 1. The molecule has 0 spiro atoms. The predicted molar refractivity (Wildman–Crippen MR) is 137 cm³/mol. The SMILES string of the molecule is Nc1ccc(-c2c[nH]c3ncnc(N4CC[C@H]4c4nn5ccc(F)c5c(=O)n4-c4ccccc4)c23)cn1. The summed E-state index contributed by atoms with van der Waals surface area (Å²) in [7, 11) is 0. The summed E-state index contributed by atoms with van der Waals surface area (Å²) < 4.78 is 17.3. The van der Waals surface area contributed by atoms with Crippen molar-refractivity contribution in [1.82, 2.24) is 34.1 Å². The molecule has 6 heterocycles. The molecule has 1 fully saturated rings. The van der Waals surface area contributed by atoms with Crippen molar-refractivity contribution in [1.29, 1.82) is 0 Å². The normalized spacial score (nSPS) is 15.4. The minimum Gasteiger partial charge on any atom is -0.384 e. The van der Waals surface area contributed by atoms with Crippen LogP contribution in [0.15, 0.2) is 78.2 Å². The van der Waals surface area contributed by atoms with Crippen molar-refractivity contribution in [3.05, 3.63) is 95.4 Å². The number of halogens is 1. The summed E-state index contributed by atoms with van der Waals surface area (Å²) in [6, 6.07) is 13.8. The summed E-state index contributed by atoms with van der Waals surface area (Å²) in [5.74, 6) is 1.04. The van der Waals surface area contributed by atoms with Gasteiger partial charge in [-0.2, -0.15) is 5.10 Å². The molecule has 1 atom stereocenters. The molecule has 10 nitrogen and oxygen atoms in total. The van der Waals surface area contributed by atoms with Gasteiger partial charge in [-0.3, -0.25) is 9.36 Å². The minimum absolute atomic E-state index is 0.0910. The fraction of sp³-hybridized carbons (Fsp3) is 0.115. The van der Waals surface area contributed by atoms with E-state index in [2.05, 4.69) is 24.8 Å². The number of nitrogens with zero attached hydrogens (tertiary/aromatic N) is 7. The molecule has 182 valence electrons. The molecule has 0 unspecified atom stereocenters. The number of fused-ring (bicyclic) bond motifs is 2. The van der Waals surface area contributed by atoms with E-state index in [0.29, 0.717) is 35.3 Å². The molecule has 7 rings (SSSR count). The number of rotatable bonds is 4. The Morgan fingerprint density at radius 1 is 1.05 bits per heavy atom. The van der Waals surface area contributed by atoms with Gasteiger partial charge in [0.25, 0.3) is 5.56 Å². The standard InChI is InChI=1S/C26H20FN9O/c27-18-8-11-35-22(18)26(37)36(16-4-2-1-3-5-16)24(33-35)19-9-10-34(19)25-21-17(13-30-23(21)31-14-32-25)15-6-7-20(28)29-12-15/h1-8,11-14,19H,9-10H2,(H2,28,29)(H,30,31,32)/t19-/m0/s1. The Morgan fingerprint density at radius 2 is 1.92 bits per heavy atom. The third kappa shape index (κ3) is 3.20. The van der Waals surface area contributed by atoms with Crippen LogP contribution in [-0.4, -0.2) is 40.7 Å². The number of pyridine rings is 1. The highest BCUT2D eigenvalue weighted by Gasteiger charge is 2.37. The average molecular weight is 494 g/mol. The second-order valence-corrected chi connectivity index (χ2v) is 8.88. The quantitative estimate of drug-likeness (QED) is 0.385. The fourth-order valence-corrected chi connectivity index (χ4v) is 4.96. The summed E-state index contributed by atoms with van der Waals surface area (Å²) in [4.78, 5) is 32.1. The highest BCUT2D eigenvalue weighted by molar-refractivity contribution is 6.01. The third-order valence-corrected chi connectivity index (χ3v) is 6.81. The van der Waals surface area contributed by atoms with Gasteiger partial charge in [-0.1, -0.05) is 18.2 Å². The first-order valence-corrected chi connectivity index (χ1v) is 11.8. The molecular formula is C26H20FN9O. The molecule has 0 bridgehead atoms. The van der Waals surface area contributed by atoms with Crippen molar-refractivity contribution in [2.75, 3.05) is 17.2 Å². The zero-order chi connectivity index (χ0) is 25.1. The van der Waals surface area contributed by atoms with Crippen LogP contribution >= 0.6 is 0 Å². The third-order valence-electron chi connectivity index (χ3n) is 6.81. The summed E-state index contributed by atoms with van der Waals surface area (Å²) in [5.41, 5.74) is 8.29. The molecule has 0 radical (unpaired) electrons. The molecule has 1 aromatic carbocycles. The number of nitrogen functional groups attached to an aromatic ring is 1. The van der Waals surface area contributed by atoms with E-state index < -0.39 is 11.4 Å². The summed E-state index contributed by atoms with van der Waals surface area (Å²) in [6.07, 6.45) is 7.30. The lowest BCUT2D eigenvalue weighted by molar-refractivity contribution is 0.424. The largest absolute Gasteiger partial charge is 0.384 e. The number of nitrogens with one attached hydrogen (secondary N) is 1. The summed E-state index contributed by atoms with van der Waals surface area (Å²) in [5, 5.41) is 5.55. The van der Waals surface area contributed by atoms with Gasteiger partial charge >= 0.3 is 0 Å². The Kier molecular flexibility index (Phi) is 4.58. The van der Waals surface area contributed by atoms with Crippen LogP contribution in [0.25, 0.3) is 33.4 Å². The minimum atomic E-state index is -0.606. The zero-order valence-electron chi connectivity index (χ0n) is 19.4. The molecule has 37 heavy (non-hydrogen) atoms. The van der Waals surface area contributed by atoms with Crippen molar-refractivity contribution in [2.45, 2.75) is 12.5 Å². The number of anilines is 2. The highest BCUT2D eigenvalue weighted by Crippen LogP contribution is 2.41. The average Bonchev–Trinajstić information content (AvgIpc) is 3.49. The van der Waals surface area contributed by atoms with Crippen LogP contribution in [0.5, 0.6) is 0 Å². The summed E-state index contributed by atoms with van der Waals surface area (Å²) in [6.45, 7) is 0.699. The Labute approximate surface area is 208 Å². The number of aromatic amines is 1. The molecule has 0 amide bonds. The molecule has 1 saturated heterocycles. The van der Waals surface area contributed by atoms with Gasteiger partial charge in [0.2, 0.25) is 0 Å². The van der Waals surface area contributed by atoms with Crippen LogP contribution in [0, 0.1) is 5.82 Å². The van der Waals surface area contributed by atoms with Crippen molar-refractivity contribution in [3.63, 3.8) is 0 Å². The van der Waals surface area contributed by atoms with Gasteiger partial charge in [-0.25, -0.2) is 23.9 Å². The first-order valence-electron chi connectivity index (χ1n) is 11.8.